The molecule has 116 valence electrons. The molecule has 0 spiro atoms. The van der Waals surface area contributed by atoms with Crippen molar-refractivity contribution in [1.82, 2.24) is 5.32 Å². The highest BCUT2D eigenvalue weighted by atomic mass is 35.5. The van der Waals surface area contributed by atoms with Gasteiger partial charge in [0.05, 0.1) is 16.8 Å². The average Bonchev–Trinajstić information content (AvgIpc) is 2.42. The summed E-state index contributed by atoms with van der Waals surface area (Å²) in [6.07, 6.45) is -0.134. The second-order valence-corrected chi connectivity index (χ2v) is 5.78. The molecule has 0 aromatic heterocycles. The summed E-state index contributed by atoms with van der Waals surface area (Å²) in [5.74, 6) is -1.53. The normalized spacial score (nSPS) is 12.1. The third-order valence-electron chi connectivity index (χ3n) is 2.88. The number of rotatable bonds is 5. The molecule has 1 rings (SSSR count). The topological polar surface area (TPSA) is 78.4 Å². The Kier molecular flexibility index (Phi) is 6.95. The van der Waals surface area contributed by atoms with Crippen LogP contribution in [0.4, 0.5) is 5.69 Å². The first-order valence-corrected chi connectivity index (χ1v) is 7.29. The van der Waals surface area contributed by atoms with Crippen LogP contribution in [0.1, 0.15) is 20.3 Å². The predicted molar refractivity (Wildman–Crippen MR) is 83.6 cm³/mol. The van der Waals surface area contributed by atoms with Crippen molar-refractivity contribution in [2.45, 2.75) is 26.4 Å². The Bertz CT molecular complexity index is 521. The average molecular weight is 333 g/mol. The Morgan fingerprint density at radius 1 is 1.24 bits per heavy atom. The van der Waals surface area contributed by atoms with Gasteiger partial charge in [0.2, 0.25) is 0 Å². The monoisotopic (exact) mass is 332 g/mol. The van der Waals surface area contributed by atoms with E-state index in [1.165, 1.54) is 12.1 Å². The SMILES string of the molecule is CC(C)C(O)CCNC(=O)C(=O)Nc1cc(Cl)ccc1Cl. The lowest BCUT2D eigenvalue weighted by Gasteiger charge is -2.14. The Morgan fingerprint density at radius 2 is 1.90 bits per heavy atom. The molecule has 0 aliphatic carbocycles. The van der Waals surface area contributed by atoms with E-state index in [0.29, 0.717) is 11.4 Å². The fourth-order valence-electron chi connectivity index (χ4n) is 1.52. The van der Waals surface area contributed by atoms with Crippen LogP contribution in [0.15, 0.2) is 18.2 Å². The molecule has 7 heteroatoms. The Morgan fingerprint density at radius 3 is 2.52 bits per heavy atom. The Balaban J connectivity index is 2.48. The number of hydrogen-bond donors (Lipinski definition) is 3. The number of nitrogens with one attached hydrogen (secondary N) is 2. The van der Waals surface area contributed by atoms with Gasteiger partial charge in [-0.1, -0.05) is 37.0 Å². The van der Waals surface area contributed by atoms with Crippen molar-refractivity contribution >= 4 is 40.7 Å². The van der Waals surface area contributed by atoms with Gasteiger partial charge in [0, 0.05) is 11.6 Å². The van der Waals surface area contributed by atoms with E-state index in [0.717, 1.165) is 0 Å². The van der Waals surface area contributed by atoms with E-state index in [2.05, 4.69) is 10.6 Å². The van der Waals surface area contributed by atoms with Gasteiger partial charge in [0.1, 0.15) is 0 Å². The van der Waals surface area contributed by atoms with Crippen molar-refractivity contribution in [1.29, 1.82) is 0 Å². The van der Waals surface area contributed by atoms with Crippen LogP contribution < -0.4 is 10.6 Å². The summed E-state index contributed by atoms with van der Waals surface area (Å²) in [5.41, 5.74) is 0.270. The molecule has 0 aliphatic rings. The van der Waals surface area contributed by atoms with Crippen LogP contribution in [-0.2, 0) is 9.59 Å². The number of aliphatic hydroxyl groups excluding tert-OH is 1. The van der Waals surface area contributed by atoms with Gasteiger partial charge in [0.15, 0.2) is 0 Å². The molecule has 2 amide bonds. The van der Waals surface area contributed by atoms with Crippen molar-refractivity contribution in [3.8, 4) is 0 Å². The summed E-state index contributed by atoms with van der Waals surface area (Å²) in [4.78, 5) is 23.3. The number of aliphatic hydroxyl groups is 1. The Hall–Kier alpha value is -1.30. The summed E-state index contributed by atoms with van der Waals surface area (Å²) in [5, 5.41) is 15.1. The van der Waals surface area contributed by atoms with Crippen molar-refractivity contribution < 1.29 is 14.7 Å². The van der Waals surface area contributed by atoms with Crippen LogP contribution >= 0.6 is 23.2 Å². The molecular formula is C14H18Cl2N2O3. The van der Waals surface area contributed by atoms with E-state index in [-0.39, 0.29) is 23.2 Å². The second-order valence-electron chi connectivity index (χ2n) is 4.93. The zero-order chi connectivity index (χ0) is 16.0. The standard InChI is InChI=1S/C14H18Cl2N2O3/c1-8(2)12(19)5-6-17-13(20)14(21)18-11-7-9(15)3-4-10(11)16/h3-4,7-8,12,19H,5-6H2,1-2H3,(H,17,20)(H,18,21). The molecule has 5 nitrogen and oxygen atoms in total. The van der Waals surface area contributed by atoms with Crippen molar-refractivity contribution in [3.63, 3.8) is 0 Å². The highest BCUT2D eigenvalue weighted by Crippen LogP contribution is 2.25. The third-order valence-corrected chi connectivity index (χ3v) is 3.44. The molecule has 0 saturated carbocycles. The number of carbonyl (C=O) groups is 2. The molecule has 21 heavy (non-hydrogen) atoms. The summed E-state index contributed by atoms with van der Waals surface area (Å²) in [6, 6.07) is 4.56. The maximum Gasteiger partial charge on any atom is 0.313 e. The third kappa shape index (κ3) is 5.91. The van der Waals surface area contributed by atoms with Crippen molar-refractivity contribution in [2.24, 2.45) is 5.92 Å². The number of hydrogen-bond acceptors (Lipinski definition) is 3. The molecule has 0 bridgehead atoms. The van der Waals surface area contributed by atoms with Crippen LogP contribution in [0.25, 0.3) is 0 Å². The molecule has 1 unspecified atom stereocenters. The van der Waals surface area contributed by atoms with Gasteiger partial charge in [0.25, 0.3) is 0 Å². The van der Waals surface area contributed by atoms with E-state index >= 15 is 0 Å². The maximum absolute atomic E-state index is 11.7. The smallest absolute Gasteiger partial charge is 0.313 e. The molecule has 3 N–H and O–H groups in total. The summed E-state index contributed by atoms with van der Waals surface area (Å²) >= 11 is 11.7. The molecular weight excluding hydrogens is 315 g/mol. The Labute approximate surface area is 133 Å². The summed E-state index contributed by atoms with van der Waals surface area (Å²) < 4.78 is 0. The van der Waals surface area contributed by atoms with E-state index in [4.69, 9.17) is 23.2 Å². The lowest BCUT2D eigenvalue weighted by Crippen LogP contribution is -2.37. The van der Waals surface area contributed by atoms with E-state index in [1.54, 1.807) is 6.07 Å². The minimum Gasteiger partial charge on any atom is -0.393 e. The zero-order valence-electron chi connectivity index (χ0n) is 11.8. The van der Waals surface area contributed by atoms with Gasteiger partial charge in [-0.25, -0.2) is 0 Å². The molecule has 0 aliphatic heterocycles. The van der Waals surface area contributed by atoms with Crippen LogP contribution in [0.2, 0.25) is 10.0 Å². The van der Waals surface area contributed by atoms with Crippen molar-refractivity contribution in [2.75, 3.05) is 11.9 Å². The molecule has 1 aromatic carbocycles. The number of anilines is 1. The number of benzene rings is 1. The van der Waals surface area contributed by atoms with Gasteiger partial charge < -0.3 is 15.7 Å². The summed E-state index contributed by atoms with van der Waals surface area (Å²) in [7, 11) is 0. The lowest BCUT2D eigenvalue weighted by molar-refractivity contribution is -0.136. The number of amides is 2. The minimum atomic E-state index is -0.835. The highest BCUT2D eigenvalue weighted by molar-refractivity contribution is 6.42. The molecule has 0 fully saturated rings. The molecule has 1 atom stereocenters. The maximum atomic E-state index is 11.7. The lowest BCUT2D eigenvalue weighted by atomic mass is 10.0. The first kappa shape index (κ1) is 17.8. The van der Waals surface area contributed by atoms with Crippen LogP contribution in [-0.4, -0.2) is 29.6 Å². The number of halogens is 2. The quantitative estimate of drug-likeness (QED) is 0.724. The van der Waals surface area contributed by atoms with Gasteiger partial charge in [-0.2, -0.15) is 0 Å². The second kappa shape index (κ2) is 8.22. The first-order chi connectivity index (χ1) is 9.81. The van der Waals surface area contributed by atoms with Gasteiger partial charge in [-0.3, -0.25) is 9.59 Å². The van der Waals surface area contributed by atoms with Crippen LogP contribution in [0, 0.1) is 5.92 Å². The number of carbonyl (C=O) groups excluding carboxylic acids is 2. The fraction of sp³-hybridized carbons (Fsp3) is 0.429. The van der Waals surface area contributed by atoms with Gasteiger partial charge in [-0.05, 0) is 30.5 Å². The zero-order valence-corrected chi connectivity index (χ0v) is 13.3. The van der Waals surface area contributed by atoms with Crippen LogP contribution in [0.5, 0.6) is 0 Å². The van der Waals surface area contributed by atoms with Gasteiger partial charge in [-0.15, -0.1) is 0 Å². The van der Waals surface area contributed by atoms with Crippen LogP contribution in [0.3, 0.4) is 0 Å². The van der Waals surface area contributed by atoms with E-state index < -0.39 is 17.9 Å². The highest BCUT2D eigenvalue weighted by Gasteiger charge is 2.16. The molecule has 1 aromatic rings. The van der Waals surface area contributed by atoms with E-state index in [1.807, 2.05) is 13.8 Å². The minimum absolute atomic E-state index is 0.0981. The molecule has 0 radical (unpaired) electrons. The summed E-state index contributed by atoms with van der Waals surface area (Å²) in [6.45, 7) is 3.97. The molecule has 0 saturated heterocycles. The van der Waals surface area contributed by atoms with Crippen molar-refractivity contribution in [3.05, 3.63) is 28.2 Å². The fourth-order valence-corrected chi connectivity index (χ4v) is 1.86. The predicted octanol–water partition coefficient (Wildman–Crippen LogP) is 2.46. The largest absolute Gasteiger partial charge is 0.393 e. The molecule has 0 heterocycles. The first-order valence-electron chi connectivity index (χ1n) is 6.53. The van der Waals surface area contributed by atoms with E-state index in [9.17, 15) is 14.7 Å². The van der Waals surface area contributed by atoms with Gasteiger partial charge >= 0.3 is 11.8 Å².